The zero-order valence-corrected chi connectivity index (χ0v) is 9.87. The summed E-state index contributed by atoms with van der Waals surface area (Å²) in [7, 11) is 0. The summed E-state index contributed by atoms with van der Waals surface area (Å²) in [6.45, 7) is 4.71. The van der Waals surface area contributed by atoms with Crippen LogP contribution in [-0.4, -0.2) is 23.6 Å². The molecule has 0 radical (unpaired) electrons. The number of likely N-dealkylation sites (tertiary alicyclic amines) is 1. The van der Waals surface area contributed by atoms with Crippen molar-refractivity contribution >= 4 is 5.91 Å². The molecule has 0 aromatic rings. The molecular formula is C15H13NO2. The maximum Gasteiger partial charge on any atom is 0.257 e. The minimum Gasteiger partial charge on any atom is -0.351 e. The van der Waals surface area contributed by atoms with Gasteiger partial charge in [0.15, 0.2) is 6.23 Å². The zero-order valence-electron chi connectivity index (χ0n) is 9.87. The van der Waals surface area contributed by atoms with Crippen LogP contribution in [0.3, 0.4) is 0 Å². The van der Waals surface area contributed by atoms with Crippen LogP contribution in [0.15, 0.2) is 59.9 Å². The smallest absolute Gasteiger partial charge is 0.257 e. The number of allylic oxidation sites excluding steroid dienone is 7. The van der Waals surface area contributed by atoms with E-state index in [1.165, 1.54) is 0 Å². The van der Waals surface area contributed by atoms with Crippen molar-refractivity contribution in [1.29, 1.82) is 0 Å². The molecule has 18 heavy (non-hydrogen) atoms. The van der Waals surface area contributed by atoms with Gasteiger partial charge in [-0.15, -0.1) is 0 Å². The number of hydrogen-bond donors (Lipinski definition) is 0. The first-order chi connectivity index (χ1) is 8.77. The summed E-state index contributed by atoms with van der Waals surface area (Å²) in [6, 6.07) is 0. The second kappa shape index (κ2) is 3.33. The highest BCUT2D eigenvalue weighted by Crippen LogP contribution is 2.46. The summed E-state index contributed by atoms with van der Waals surface area (Å²) < 4.78 is 5.26. The summed E-state index contributed by atoms with van der Waals surface area (Å²) in [5.74, 6) is 0.484. The highest BCUT2D eigenvalue weighted by molar-refractivity contribution is 5.99. The van der Waals surface area contributed by atoms with Crippen LogP contribution in [0.25, 0.3) is 0 Å². The van der Waals surface area contributed by atoms with Crippen LogP contribution in [0.2, 0.25) is 0 Å². The lowest BCUT2D eigenvalue weighted by Gasteiger charge is -2.41. The molecule has 0 spiro atoms. The Morgan fingerprint density at radius 2 is 1.89 bits per heavy atom. The topological polar surface area (TPSA) is 32.8 Å². The summed E-state index contributed by atoms with van der Waals surface area (Å²) in [5.41, 5.74) is 2.81. The van der Waals surface area contributed by atoms with Crippen molar-refractivity contribution in [1.82, 2.24) is 4.90 Å². The van der Waals surface area contributed by atoms with Gasteiger partial charge in [-0.1, -0.05) is 43.0 Å². The van der Waals surface area contributed by atoms with Gasteiger partial charge >= 0.3 is 0 Å². The molecule has 4 rings (SSSR count). The highest BCUT2D eigenvalue weighted by Gasteiger charge is 2.47. The molecule has 0 N–H and O–H groups in total. The van der Waals surface area contributed by atoms with Gasteiger partial charge in [-0.25, -0.2) is 0 Å². The molecule has 0 saturated carbocycles. The van der Waals surface area contributed by atoms with Crippen LogP contribution < -0.4 is 0 Å². The van der Waals surface area contributed by atoms with Gasteiger partial charge in [0.1, 0.15) is 0 Å². The number of nitrogens with zero attached hydrogens (tertiary/aromatic N) is 1. The molecule has 0 aromatic heterocycles. The highest BCUT2D eigenvalue weighted by atomic mass is 16.6. The molecule has 1 amide bonds. The largest absolute Gasteiger partial charge is 0.351 e. The van der Waals surface area contributed by atoms with Crippen molar-refractivity contribution in [2.75, 3.05) is 6.61 Å². The second-order valence-electron chi connectivity index (χ2n) is 4.98. The van der Waals surface area contributed by atoms with Crippen molar-refractivity contribution in [2.24, 2.45) is 11.8 Å². The fourth-order valence-electron chi connectivity index (χ4n) is 3.03. The molecule has 2 aliphatic carbocycles. The Kier molecular flexibility index (Phi) is 1.87. The molecule has 2 saturated heterocycles. The van der Waals surface area contributed by atoms with Crippen molar-refractivity contribution < 1.29 is 9.53 Å². The van der Waals surface area contributed by atoms with Crippen LogP contribution in [0.5, 0.6) is 0 Å². The SMILES string of the molecule is C=C1C2=CC=CC3C=CC=C(C(=O)N1C1CO1)C23. The van der Waals surface area contributed by atoms with Crippen LogP contribution in [-0.2, 0) is 9.53 Å². The molecule has 3 nitrogen and oxygen atoms in total. The maximum absolute atomic E-state index is 12.5. The lowest BCUT2D eigenvalue weighted by Crippen LogP contribution is -2.44. The molecule has 3 unspecified atom stereocenters. The van der Waals surface area contributed by atoms with Gasteiger partial charge in [0, 0.05) is 23.1 Å². The summed E-state index contributed by atoms with van der Waals surface area (Å²) in [5, 5.41) is 0. The van der Waals surface area contributed by atoms with Crippen molar-refractivity contribution in [3.8, 4) is 0 Å². The average molecular weight is 239 g/mol. The minimum atomic E-state index is -0.108. The number of rotatable bonds is 1. The van der Waals surface area contributed by atoms with Gasteiger partial charge in [0.05, 0.1) is 6.61 Å². The number of carbonyl (C=O) groups excluding carboxylic acids is 1. The Hall–Kier alpha value is -1.87. The molecular weight excluding hydrogens is 226 g/mol. The molecule has 0 bridgehead atoms. The first-order valence-corrected chi connectivity index (χ1v) is 6.18. The molecule has 90 valence electrons. The van der Waals surface area contributed by atoms with Gasteiger partial charge in [0.2, 0.25) is 0 Å². The Morgan fingerprint density at radius 1 is 1.22 bits per heavy atom. The van der Waals surface area contributed by atoms with Crippen molar-refractivity contribution in [3.05, 3.63) is 59.9 Å². The van der Waals surface area contributed by atoms with Crippen molar-refractivity contribution in [3.63, 3.8) is 0 Å². The number of epoxide rings is 1. The third-order valence-electron chi connectivity index (χ3n) is 3.97. The Morgan fingerprint density at radius 3 is 2.56 bits per heavy atom. The maximum atomic E-state index is 12.5. The lowest BCUT2D eigenvalue weighted by molar-refractivity contribution is -0.128. The van der Waals surface area contributed by atoms with E-state index in [1.807, 2.05) is 12.2 Å². The predicted molar refractivity (Wildman–Crippen MR) is 67.2 cm³/mol. The van der Waals surface area contributed by atoms with Crippen LogP contribution >= 0.6 is 0 Å². The van der Waals surface area contributed by atoms with E-state index in [-0.39, 0.29) is 24.0 Å². The molecule has 3 heteroatoms. The fourth-order valence-corrected chi connectivity index (χ4v) is 3.03. The quantitative estimate of drug-likeness (QED) is 0.655. The standard InChI is InChI=1S/C15H13NO2/c1-9-11-6-2-4-10-5-3-7-12(14(10)11)15(17)16(9)13-8-18-13/h2-7,10,13-14H,1,8H2. The third kappa shape index (κ3) is 1.20. The summed E-state index contributed by atoms with van der Waals surface area (Å²) in [4.78, 5) is 14.2. The van der Waals surface area contributed by atoms with Gasteiger partial charge in [-0.05, 0) is 5.57 Å². The van der Waals surface area contributed by atoms with E-state index in [2.05, 4.69) is 30.9 Å². The minimum absolute atomic E-state index is 0.0503. The molecule has 2 aliphatic heterocycles. The number of piperidine rings is 1. The van der Waals surface area contributed by atoms with E-state index in [4.69, 9.17) is 4.74 Å². The van der Waals surface area contributed by atoms with Crippen LogP contribution in [0.4, 0.5) is 0 Å². The van der Waals surface area contributed by atoms with Crippen LogP contribution in [0.1, 0.15) is 0 Å². The van der Waals surface area contributed by atoms with E-state index >= 15 is 0 Å². The number of carbonyl (C=O) groups is 1. The van der Waals surface area contributed by atoms with Gasteiger partial charge in [-0.3, -0.25) is 9.69 Å². The first-order valence-electron chi connectivity index (χ1n) is 6.18. The second-order valence-corrected chi connectivity index (χ2v) is 4.98. The number of amides is 1. The predicted octanol–water partition coefficient (Wildman–Crippen LogP) is 1.92. The van der Waals surface area contributed by atoms with E-state index < -0.39 is 0 Å². The number of ether oxygens (including phenoxy) is 1. The van der Waals surface area contributed by atoms with Gasteiger partial charge in [0.25, 0.3) is 5.91 Å². The van der Waals surface area contributed by atoms with E-state index in [1.54, 1.807) is 4.90 Å². The molecule has 0 aromatic carbocycles. The van der Waals surface area contributed by atoms with E-state index in [0.29, 0.717) is 6.61 Å². The Labute approximate surface area is 105 Å². The fraction of sp³-hybridized carbons (Fsp3) is 0.267. The lowest BCUT2D eigenvalue weighted by atomic mass is 9.71. The summed E-state index contributed by atoms with van der Waals surface area (Å²) in [6.07, 6.45) is 12.2. The molecule has 2 heterocycles. The van der Waals surface area contributed by atoms with Gasteiger partial charge in [-0.2, -0.15) is 0 Å². The molecule has 4 aliphatic rings. The van der Waals surface area contributed by atoms with Crippen LogP contribution in [0, 0.1) is 11.8 Å². The zero-order chi connectivity index (χ0) is 12.3. The number of hydrogen-bond acceptors (Lipinski definition) is 2. The monoisotopic (exact) mass is 239 g/mol. The first kappa shape index (κ1) is 10.1. The average Bonchev–Trinajstić information content (AvgIpc) is 3.20. The summed E-state index contributed by atoms with van der Waals surface area (Å²) >= 11 is 0. The van der Waals surface area contributed by atoms with E-state index in [0.717, 1.165) is 16.8 Å². The Bertz CT molecular complexity index is 531. The molecule has 2 fully saturated rings. The van der Waals surface area contributed by atoms with E-state index in [9.17, 15) is 4.79 Å². The Balaban J connectivity index is 1.87. The third-order valence-corrected chi connectivity index (χ3v) is 3.97. The molecule has 3 atom stereocenters. The van der Waals surface area contributed by atoms with Gasteiger partial charge < -0.3 is 4.74 Å². The normalized spacial score (nSPS) is 36.2. The van der Waals surface area contributed by atoms with Crippen molar-refractivity contribution in [2.45, 2.75) is 6.23 Å².